The SMILES string of the molecule is O=C(COC(=O)c1ccc(N2C(=O)CC(N3CCCCC3)C2=O)cc1)c1ccc(Cl)c(Cl)c1. The molecule has 4 rings (SSSR count). The quantitative estimate of drug-likeness (QED) is 0.345. The van der Waals surface area contributed by atoms with Crippen molar-refractivity contribution in [2.45, 2.75) is 31.7 Å². The molecule has 2 saturated heterocycles. The lowest BCUT2D eigenvalue weighted by Crippen LogP contribution is -2.44. The van der Waals surface area contributed by atoms with Gasteiger partial charge < -0.3 is 4.74 Å². The van der Waals surface area contributed by atoms with Crippen LogP contribution in [0.5, 0.6) is 0 Å². The number of nitrogens with zero attached hydrogens (tertiary/aromatic N) is 2. The third-order valence-corrected chi connectivity index (χ3v) is 6.63. The van der Waals surface area contributed by atoms with E-state index in [0.29, 0.717) is 10.7 Å². The summed E-state index contributed by atoms with van der Waals surface area (Å²) < 4.78 is 5.10. The summed E-state index contributed by atoms with van der Waals surface area (Å²) in [5.41, 5.74) is 0.891. The molecule has 33 heavy (non-hydrogen) atoms. The Morgan fingerprint density at radius 3 is 2.24 bits per heavy atom. The number of ether oxygens (including phenoxy) is 1. The number of ketones is 1. The van der Waals surface area contributed by atoms with Gasteiger partial charge in [0.25, 0.3) is 5.91 Å². The smallest absolute Gasteiger partial charge is 0.338 e. The summed E-state index contributed by atoms with van der Waals surface area (Å²) in [7, 11) is 0. The average Bonchev–Trinajstić information content (AvgIpc) is 3.13. The molecule has 9 heteroatoms. The van der Waals surface area contributed by atoms with Crippen molar-refractivity contribution in [2.75, 3.05) is 24.6 Å². The Hall–Kier alpha value is -2.74. The standard InChI is InChI=1S/C24H22Cl2N2O5/c25-18-9-6-16(12-19(18)26)21(29)14-33-24(32)15-4-7-17(8-5-15)28-22(30)13-20(23(28)31)27-10-2-1-3-11-27/h4-9,12,20H,1-3,10-11,13-14H2. The zero-order chi connectivity index (χ0) is 23.5. The summed E-state index contributed by atoms with van der Waals surface area (Å²) >= 11 is 11.8. The highest BCUT2D eigenvalue weighted by Gasteiger charge is 2.42. The Bertz CT molecular complexity index is 1100. The normalized spacial score (nSPS) is 19.1. The maximum atomic E-state index is 12.9. The first-order valence-corrected chi connectivity index (χ1v) is 11.5. The summed E-state index contributed by atoms with van der Waals surface area (Å²) in [5.74, 6) is -1.60. The van der Waals surface area contributed by atoms with E-state index >= 15 is 0 Å². The van der Waals surface area contributed by atoms with E-state index in [1.807, 2.05) is 0 Å². The van der Waals surface area contributed by atoms with E-state index in [1.165, 1.54) is 47.4 Å². The second kappa shape index (κ2) is 10.0. The highest BCUT2D eigenvalue weighted by Crippen LogP contribution is 2.28. The third-order valence-electron chi connectivity index (χ3n) is 5.89. The van der Waals surface area contributed by atoms with Gasteiger partial charge in [0.05, 0.1) is 33.8 Å². The average molecular weight is 489 g/mol. The molecule has 1 atom stereocenters. The third kappa shape index (κ3) is 5.11. The van der Waals surface area contributed by atoms with Crippen LogP contribution in [0.25, 0.3) is 0 Å². The van der Waals surface area contributed by atoms with Crippen LogP contribution < -0.4 is 4.90 Å². The van der Waals surface area contributed by atoms with Crippen LogP contribution in [0.2, 0.25) is 10.0 Å². The largest absolute Gasteiger partial charge is 0.454 e. The molecule has 2 aliphatic rings. The molecule has 2 fully saturated rings. The first kappa shape index (κ1) is 23.4. The Kier molecular flexibility index (Phi) is 7.12. The second-order valence-corrected chi connectivity index (χ2v) is 8.87. The number of likely N-dealkylation sites (tertiary alicyclic amines) is 1. The van der Waals surface area contributed by atoms with Gasteiger partial charge in [-0.15, -0.1) is 0 Å². The Labute approximate surface area is 201 Å². The lowest BCUT2D eigenvalue weighted by Gasteiger charge is -2.30. The summed E-state index contributed by atoms with van der Waals surface area (Å²) in [6.45, 7) is 1.19. The van der Waals surface area contributed by atoms with Gasteiger partial charge in [-0.1, -0.05) is 29.6 Å². The molecular formula is C24H22Cl2N2O5. The number of anilines is 1. The van der Waals surface area contributed by atoms with Gasteiger partial charge in [-0.2, -0.15) is 0 Å². The van der Waals surface area contributed by atoms with Crippen molar-refractivity contribution < 1.29 is 23.9 Å². The number of Topliss-reactive ketones (excluding diaryl/α,β-unsaturated/α-hetero) is 1. The molecule has 2 aliphatic heterocycles. The van der Waals surface area contributed by atoms with Crippen LogP contribution in [0.3, 0.4) is 0 Å². The van der Waals surface area contributed by atoms with Crippen molar-refractivity contribution in [1.82, 2.24) is 4.90 Å². The van der Waals surface area contributed by atoms with E-state index in [-0.39, 0.29) is 34.4 Å². The summed E-state index contributed by atoms with van der Waals surface area (Å²) in [5, 5.41) is 0.556. The number of carbonyl (C=O) groups excluding carboxylic acids is 4. The summed E-state index contributed by atoms with van der Waals surface area (Å²) in [4.78, 5) is 53.3. The number of rotatable bonds is 6. The molecule has 0 radical (unpaired) electrons. The minimum absolute atomic E-state index is 0.166. The van der Waals surface area contributed by atoms with Gasteiger partial charge >= 0.3 is 5.97 Å². The number of hydrogen-bond acceptors (Lipinski definition) is 6. The maximum absolute atomic E-state index is 12.9. The molecule has 172 valence electrons. The van der Waals surface area contributed by atoms with Crippen LogP contribution in [0.4, 0.5) is 5.69 Å². The Morgan fingerprint density at radius 1 is 0.909 bits per heavy atom. The molecule has 2 amide bonds. The number of amides is 2. The van der Waals surface area contributed by atoms with Crippen molar-refractivity contribution in [3.05, 3.63) is 63.6 Å². The molecule has 0 aromatic heterocycles. The van der Waals surface area contributed by atoms with Crippen molar-refractivity contribution in [1.29, 1.82) is 0 Å². The van der Waals surface area contributed by atoms with Gasteiger partial charge in [0.2, 0.25) is 5.91 Å². The molecule has 0 N–H and O–H groups in total. The molecule has 2 heterocycles. The molecule has 0 bridgehead atoms. The van der Waals surface area contributed by atoms with Crippen LogP contribution >= 0.6 is 23.2 Å². The monoisotopic (exact) mass is 488 g/mol. The van der Waals surface area contributed by atoms with Crippen LogP contribution in [0.1, 0.15) is 46.4 Å². The fraction of sp³-hybridized carbons (Fsp3) is 0.333. The lowest BCUT2D eigenvalue weighted by molar-refractivity contribution is -0.123. The predicted molar refractivity (Wildman–Crippen MR) is 124 cm³/mol. The first-order chi connectivity index (χ1) is 15.8. The fourth-order valence-electron chi connectivity index (χ4n) is 4.12. The van der Waals surface area contributed by atoms with Crippen LogP contribution in [-0.4, -0.2) is 54.2 Å². The van der Waals surface area contributed by atoms with Gasteiger partial charge in [0.15, 0.2) is 12.4 Å². The van der Waals surface area contributed by atoms with E-state index < -0.39 is 24.4 Å². The van der Waals surface area contributed by atoms with Crippen molar-refractivity contribution in [3.8, 4) is 0 Å². The van der Waals surface area contributed by atoms with Crippen molar-refractivity contribution >= 4 is 52.5 Å². The van der Waals surface area contributed by atoms with E-state index in [9.17, 15) is 19.2 Å². The lowest BCUT2D eigenvalue weighted by atomic mass is 10.1. The van der Waals surface area contributed by atoms with Crippen molar-refractivity contribution in [3.63, 3.8) is 0 Å². The second-order valence-electron chi connectivity index (χ2n) is 8.06. The summed E-state index contributed by atoms with van der Waals surface area (Å²) in [6.07, 6.45) is 3.37. The number of benzene rings is 2. The first-order valence-electron chi connectivity index (χ1n) is 10.7. The van der Waals surface area contributed by atoms with E-state index in [4.69, 9.17) is 27.9 Å². The predicted octanol–water partition coefficient (Wildman–Crippen LogP) is 4.15. The molecule has 0 saturated carbocycles. The fourth-order valence-corrected chi connectivity index (χ4v) is 4.41. The van der Waals surface area contributed by atoms with Crippen molar-refractivity contribution in [2.24, 2.45) is 0 Å². The van der Waals surface area contributed by atoms with E-state index in [2.05, 4.69) is 4.90 Å². The highest BCUT2D eigenvalue weighted by molar-refractivity contribution is 6.42. The van der Waals surface area contributed by atoms with E-state index in [0.717, 1.165) is 32.4 Å². The van der Waals surface area contributed by atoms with Gasteiger partial charge in [0.1, 0.15) is 0 Å². The zero-order valence-electron chi connectivity index (χ0n) is 17.8. The van der Waals surface area contributed by atoms with Crippen LogP contribution in [-0.2, 0) is 14.3 Å². The number of esters is 1. The van der Waals surface area contributed by atoms with Gasteiger partial charge in [-0.3, -0.25) is 19.3 Å². The van der Waals surface area contributed by atoms with Gasteiger partial charge in [-0.05, 0) is 68.4 Å². The van der Waals surface area contributed by atoms with Crippen LogP contribution in [0.15, 0.2) is 42.5 Å². The molecule has 2 aromatic carbocycles. The maximum Gasteiger partial charge on any atom is 0.338 e. The number of hydrogen-bond donors (Lipinski definition) is 0. The molecule has 1 unspecified atom stereocenters. The minimum atomic E-state index is -0.694. The number of imide groups is 1. The molecule has 0 spiro atoms. The number of piperidine rings is 1. The Morgan fingerprint density at radius 2 is 1.58 bits per heavy atom. The molecule has 2 aromatic rings. The zero-order valence-corrected chi connectivity index (χ0v) is 19.3. The highest BCUT2D eigenvalue weighted by atomic mass is 35.5. The van der Waals surface area contributed by atoms with Gasteiger partial charge in [0, 0.05) is 5.56 Å². The van der Waals surface area contributed by atoms with Gasteiger partial charge in [-0.25, -0.2) is 9.69 Å². The number of halogens is 2. The topological polar surface area (TPSA) is 84.0 Å². The Balaban J connectivity index is 1.37. The van der Waals surface area contributed by atoms with Crippen LogP contribution in [0, 0.1) is 0 Å². The molecule has 7 nitrogen and oxygen atoms in total. The number of carbonyl (C=O) groups is 4. The molecular weight excluding hydrogens is 467 g/mol. The molecule has 0 aliphatic carbocycles. The minimum Gasteiger partial charge on any atom is -0.454 e. The summed E-state index contributed by atoms with van der Waals surface area (Å²) in [6, 6.07) is 9.99. The van der Waals surface area contributed by atoms with E-state index in [1.54, 1.807) is 0 Å².